The van der Waals surface area contributed by atoms with E-state index in [1.54, 1.807) is 38.1 Å². The third kappa shape index (κ3) is 3.46. The van der Waals surface area contributed by atoms with E-state index >= 15 is 0 Å². The first-order valence-electron chi connectivity index (χ1n) is 11.2. The van der Waals surface area contributed by atoms with E-state index < -0.39 is 21.4 Å². The zero-order valence-corrected chi connectivity index (χ0v) is 20.1. The number of esters is 1. The number of rotatable bonds is 5. The summed E-state index contributed by atoms with van der Waals surface area (Å²) in [5.74, 6) is -0.824. The summed E-state index contributed by atoms with van der Waals surface area (Å²) in [6.45, 7) is 6.40. The van der Waals surface area contributed by atoms with Crippen LogP contribution in [0.1, 0.15) is 26.3 Å². The fraction of sp³-hybridized carbons (Fsp3) is 0.179. The van der Waals surface area contributed by atoms with Gasteiger partial charge in [0.25, 0.3) is 0 Å². The smallest absolute Gasteiger partial charge is 0.351 e. The molecule has 1 aliphatic rings. The lowest BCUT2D eigenvalue weighted by atomic mass is 9.98. The maximum Gasteiger partial charge on any atom is 0.351 e. The van der Waals surface area contributed by atoms with Crippen LogP contribution in [0.2, 0.25) is 0 Å². The second kappa shape index (κ2) is 7.99. The molecule has 0 spiro atoms. The van der Waals surface area contributed by atoms with Gasteiger partial charge >= 0.3 is 5.97 Å². The summed E-state index contributed by atoms with van der Waals surface area (Å²) in [4.78, 5) is 12.5. The molecule has 34 heavy (non-hydrogen) atoms. The topological polar surface area (TPSA) is 65.4 Å². The third-order valence-electron chi connectivity index (χ3n) is 6.30. The Bertz CT molecular complexity index is 1610. The summed E-state index contributed by atoms with van der Waals surface area (Å²) in [5.41, 5.74) is 2.51. The van der Waals surface area contributed by atoms with Gasteiger partial charge in [-0.1, -0.05) is 54.6 Å². The Morgan fingerprint density at radius 3 is 2.29 bits per heavy atom. The Labute approximate surface area is 198 Å². The number of hydrogen-bond acceptors (Lipinski definition) is 4. The molecule has 0 saturated carbocycles. The van der Waals surface area contributed by atoms with E-state index in [4.69, 9.17) is 4.74 Å². The second-order valence-electron chi connectivity index (χ2n) is 8.83. The number of hydrogen-bond donors (Lipinski definition) is 0. The summed E-state index contributed by atoms with van der Waals surface area (Å²) < 4.78 is 34.4. The molecule has 0 N–H and O–H groups in total. The quantitative estimate of drug-likeness (QED) is 0.340. The average Bonchev–Trinajstić information content (AvgIpc) is 3.27. The molecule has 0 aliphatic carbocycles. The van der Waals surface area contributed by atoms with E-state index in [9.17, 15) is 13.2 Å². The van der Waals surface area contributed by atoms with Gasteiger partial charge in [0, 0.05) is 33.9 Å². The first-order chi connectivity index (χ1) is 16.2. The molecule has 0 amide bonds. The van der Waals surface area contributed by atoms with Crippen LogP contribution in [0.3, 0.4) is 0 Å². The average molecular weight is 472 g/mol. The van der Waals surface area contributed by atoms with Gasteiger partial charge in [-0.2, -0.15) is 0 Å². The molecule has 0 atom stereocenters. The number of ether oxygens (including phenoxy) is 1. The number of sulfone groups is 1. The van der Waals surface area contributed by atoms with Gasteiger partial charge in [-0.15, -0.1) is 0 Å². The summed E-state index contributed by atoms with van der Waals surface area (Å²) in [6.07, 6.45) is 3.54. The number of cyclic esters (lactones) is 1. The van der Waals surface area contributed by atoms with Crippen LogP contribution in [0.4, 0.5) is 0 Å². The predicted molar refractivity (Wildman–Crippen MR) is 135 cm³/mol. The molecule has 1 aromatic heterocycles. The lowest BCUT2D eigenvalue weighted by molar-refractivity contribution is -0.143. The van der Waals surface area contributed by atoms with E-state index in [1.165, 1.54) is 23.0 Å². The summed E-state index contributed by atoms with van der Waals surface area (Å²) in [7, 11) is -4.03. The zero-order chi connectivity index (χ0) is 24.1. The van der Waals surface area contributed by atoms with Gasteiger partial charge in [0.2, 0.25) is 9.84 Å². The first-order valence-corrected chi connectivity index (χ1v) is 12.7. The fourth-order valence-electron chi connectivity index (χ4n) is 4.66. The maximum absolute atomic E-state index is 13.3. The number of fused-ring (bicyclic) bond motifs is 3. The second-order valence-corrected chi connectivity index (χ2v) is 10.7. The Kier molecular flexibility index (Phi) is 5.21. The van der Waals surface area contributed by atoms with Crippen LogP contribution in [-0.4, -0.2) is 24.6 Å². The molecule has 172 valence electrons. The molecule has 0 fully saturated rings. The molecular formula is C28H25NO4S. The molecule has 2 heterocycles. The molecule has 0 radical (unpaired) electrons. The molecule has 4 aromatic rings. The van der Waals surface area contributed by atoms with Crippen LogP contribution in [-0.2, 0) is 25.9 Å². The van der Waals surface area contributed by atoms with Crippen molar-refractivity contribution < 1.29 is 17.9 Å². The number of nitrogens with zero attached hydrogens (tertiary/aromatic N) is 1. The summed E-state index contributed by atoms with van der Waals surface area (Å²) in [6, 6.07) is 22.4. The standard InChI is InChI=1S/C28H25NO4S/c1-4-29-24-13-9-8-12-21(24)22-18-19(15-17-25(22)29)14-16-23-26(27(30)33-28(23,2)3)34(31,32)20-10-6-5-7-11-20/h5-18H,4H2,1-3H3/b16-14+. The van der Waals surface area contributed by atoms with Crippen molar-refractivity contribution >= 4 is 43.7 Å². The summed E-state index contributed by atoms with van der Waals surface area (Å²) >= 11 is 0. The van der Waals surface area contributed by atoms with Gasteiger partial charge in [-0.05, 0) is 56.7 Å². The number of carbonyl (C=O) groups is 1. The van der Waals surface area contributed by atoms with Gasteiger partial charge < -0.3 is 9.30 Å². The number of aromatic nitrogens is 1. The highest BCUT2D eigenvalue weighted by molar-refractivity contribution is 7.96. The van der Waals surface area contributed by atoms with Crippen molar-refractivity contribution in [3.8, 4) is 0 Å². The van der Waals surface area contributed by atoms with Crippen LogP contribution < -0.4 is 0 Å². The lowest BCUT2D eigenvalue weighted by Gasteiger charge is -2.18. The third-order valence-corrected chi connectivity index (χ3v) is 8.12. The van der Waals surface area contributed by atoms with Crippen molar-refractivity contribution in [2.75, 3.05) is 0 Å². The minimum Gasteiger partial charge on any atom is -0.451 e. The van der Waals surface area contributed by atoms with E-state index in [1.807, 2.05) is 24.3 Å². The molecule has 5 rings (SSSR count). The van der Waals surface area contributed by atoms with E-state index in [0.717, 1.165) is 23.0 Å². The first kappa shape index (κ1) is 22.2. The highest BCUT2D eigenvalue weighted by Gasteiger charge is 2.45. The summed E-state index contributed by atoms with van der Waals surface area (Å²) in [5, 5.41) is 2.30. The van der Waals surface area contributed by atoms with Gasteiger partial charge in [0.15, 0.2) is 4.91 Å². The SMILES string of the molecule is CCn1c2ccccc2c2cc(/C=C/C3=C(S(=O)(=O)c4ccccc4)C(=O)OC3(C)C)ccc21. The highest BCUT2D eigenvalue weighted by Crippen LogP contribution is 2.39. The number of aryl methyl sites for hydroxylation is 1. The number of benzene rings is 3. The van der Waals surface area contributed by atoms with Crippen LogP contribution >= 0.6 is 0 Å². The van der Waals surface area contributed by atoms with Crippen molar-refractivity contribution in [1.82, 2.24) is 4.57 Å². The Hall–Kier alpha value is -3.64. The molecule has 3 aromatic carbocycles. The van der Waals surface area contributed by atoms with Crippen molar-refractivity contribution in [2.45, 2.75) is 37.8 Å². The molecule has 1 aliphatic heterocycles. The van der Waals surface area contributed by atoms with Crippen LogP contribution in [0.15, 0.2) is 94.2 Å². The van der Waals surface area contributed by atoms with Gasteiger partial charge in [0.1, 0.15) is 5.60 Å². The van der Waals surface area contributed by atoms with Crippen molar-refractivity contribution in [1.29, 1.82) is 0 Å². The molecule has 0 bridgehead atoms. The monoisotopic (exact) mass is 471 g/mol. The van der Waals surface area contributed by atoms with Gasteiger partial charge in [-0.3, -0.25) is 0 Å². The van der Waals surface area contributed by atoms with Gasteiger partial charge in [-0.25, -0.2) is 13.2 Å². The van der Waals surface area contributed by atoms with E-state index in [0.29, 0.717) is 5.57 Å². The lowest BCUT2D eigenvalue weighted by Crippen LogP contribution is -2.22. The predicted octanol–water partition coefficient (Wildman–Crippen LogP) is 5.89. The molecular weight excluding hydrogens is 446 g/mol. The van der Waals surface area contributed by atoms with Crippen molar-refractivity contribution in [2.24, 2.45) is 0 Å². The highest BCUT2D eigenvalue weighted by atomic mass is 32.2. The van der Waals surface area contributed by atoms with Gasteiger partial charge in [0.05, 0.1) is 4.90 Å². The Balaban J connectivity index is 1.64. The fourth-order valence-corrected chi connectivity index (χ4v) is 6.28. The minimum absolute atomic E-state index is 0.0688. The molecule has 6 heteroatoms. The Morgan fingerprint density at radius 1 is 0.882 bits per heavy atom. The van der Waals surface area contributed by atoms with Crippen LogP contribution in [0.25, 0.3) is 27.9 Å². The molecule has 0 unspecified atom stereocenters. The largest absolute Gasteiger partial charge is 0.451 e. The van der Waals surface area contributed by atoms with E-state index in [2.05, 4.69) is 35.8 Å². The Morgan fingerprint density at radius 2 is 1.56 bits per heavy atom. The number of carbonyl (C=O) groups excluding carboxylic acids is 1. The molecule has 5 nitrogen and oxygen atoms in total. The van der Waals surface area contributed by atoms with Crippen LogP contribution in [0, 0.1) is 0 Å². The van der Waals surface area contributed by atoms with Crippen molar-refractivity contribution in [3.63, 3.8) is 0 Å². The maximum atomic E-state index is 13.3. The molecule has 0 saturated heterocycles. The van der Waals surface area contributed by atoms with Crippen molar-refractivity contribution in [3.05, 3.63) is 94.9 Å². The van der Waals surface area contributed by atoms with Crippen LogP contribution in [0.5, 0.6) is 0 Å². The zero-order valence-electron chi connectivity index (χ0n) is 19.3. The number of para-hydroxylation sites is 1. The minimum atomic E-state index is -4.03. The van der Waals surface area contributed by atoms with E-state index in [-0.39, 0.29) is 9.80 Å². The normalized spacial score (nSPS) is 16.1.